The fraction of sp³-hybridized carbons (Fsp3) is 0.750. The predicted octanol–water partition coefficient (Wildman–Crippen LogP) is 0.155. The van der Waals surface area contributed by atoms with E-state index in [1.807, 2.05) is 0 Å². The van der Waals surface area contributed by atoms with Gasteiger partial charge in [0.2, 0.25) is 0 Å². The first kappa shape index (κ1) is 9.07. The van der Waals surface area contributed by atoms with Gasteiger partial charge in [-0.15, -0.1) is 24.2 Å². The molecule has 0 aliphatic carbocycles. The largest absolute Gasteiger partial charge is 0.480 e. The van der Waals surface area contributed by atoms with Gasteiger partial charge in [0, 0.05) is 11.6 Å². The van der Waals surface area contributed by atoms with E-state index in [0.29, 0.717) is 5.75 Å². The molecular formula is C4H8ClNO2S. The van der Waals surface area contributed by atoms with Crippen molar-refractivity contribution in [3.05, 3.63) is 0 Å². The highest BCUT2D eigenvalue weighted by molar-refractivity contribution is 7.99. The van der Waals surface area contributed by atoms with E-state index in [0.717, 1.165) is 5.88 Å². The Kier molecular flexibility index (Phi) is 4.01. The van der Waals surface area contributed by atoms with Gasteiger partial charge in [0.1, 0.15) is 6.04 Å². The molecule has 0 radical (unpaired) electrons. The van der Waals surface area contributed by atoms with Gasteiger partial charge in [-0.05, 0) is 0 Å². The van der Waals surface area contributed by atoms with Gasteiger partial charge in [0.15, 0.2) is 0 Å². The van der Waals surface area contributed by atoms with Crippen molar-refractivity contribution in [3.63, 3.8) is 0 Å². The first-order valence-electron chi connectivity index (χ1n) is 2.34. The quantitative estimate of drug-likeness (QED) is 0.587. The zero-order valence-electron chi connectivity index (χ0n) is 4.66. The third kappa shape index (κ3) is 2.43. The van der Waals surface area contributed by atoms with Crippen LogP contribution in [0.15, 0.2) is 0 Å². The monoisotopic (exact) mass is 169 g/mol. The number of thioether (sulfide) groups is 1. The first-order valence-corrected chi connectivity index (χ1v) is 3.50. The summed E-state index contributed by atoms with van der Waals surface area (Å²) in [5.41, 5.74) is 0. The van der Waals surface area contributed by atoms with Crippen LogP contribution in [-0.4, -0.2) is 28.7 Å². The molecule has 1 aliphatic rings. The molecule has 0 aromatic carbocycles. The van der Waals surface area contributed by atoms with Crippen LogP contribution in [0.5, 0.6) is 0 Å². The van der Waals surface area contributed by atoms with E-state index < -0.39 is 5.97 Å². The van der Waals surface area contributed by atoms with Crippen LogP contribution in [0.2, 0.25) is 0 Å². The zero-order chi connectivity index (χ0) is 5.98. The minimum Gasteiger partial charge on any atom is -0.480 e. The summed E-state index contributed by atoms with van der Waals surface area (Å²) in [5, 5.41) is 11.2. The standard InChI is InChI=1S/C4H7NO2S.ClH/c6-4(7)3-1-8-2-5-3;/h3,5H,1-2H2,(H,6,7);1H. The molecule has 1 saturated heterocycles. The van der Waals surface area contributed by atoms with Crippen LogP contribution in [0.3, 0.4) is 0 Å². The summed E-state index contributed by atoms with van der Waals surface area (Å²) in [7, 11) is 0. The van der Waals surface area contributed by atoms with Gasteiger partial charge in [-0.25, -0.2) is 0 Å². The molecule has 3 nitrogen and oxygen atoms in total. The molecule has 1 aliphatic heterocycles. The molecule has 0 spiro atoms. The highest BCUT2D eigenvalue weighted by Gasteiger charge is 2.20. The summed E-state index contributed by atoms with van der Waals surface area (Å²) < 4.78 is 0. The Morgan fingerprint density at radius 1 is 1.78 bits per heavy atom. The molecule has 1 fully saturated rings. The molecule has 9 heavy (non-hydrogen) atoms. The number of carboxylic acid groups (broad SMARTS) is 1. The van der Waals surface area contributed by atoms with Gasteiger partial charge >= 0.3 is 5.97 Å². The Balaban J connectivity index is 0.000000640. The normalized spacial score (nSPS) is 25.1. The van der Waals surface area contributed by atoms with E-state index in [4.69, 9.17) is 5.11 Å². The summed E-state index contributed by atoms with van der Waals surface area (Å²) in [4.78, 5) is 10.1. The van der Waals surface area contributed by atoms with Gasteiger partial charge in [0.05, 0.1) is 0 Å². The lowest BCUT2D eigenvalue weighted by Gasteiger charge is -1.98. The fourth-order valence-corrected chi connectivity index (χ4v) is 1.49. The average molecular weight is 170 g/mol. The molecule has 1 atom stereocenters. The molecule has 1 rings (SSSR count). The van der Waals surface area contributed by atoms with Gasteiger partial charge in [-0.1, -0.05) is 0 Å². The Labute approximate surface area is 63.6 Å². The van der Waals surface area contributed by atoms with Crippen LogP contribution in [0.1, 0.15) is 0 Å². The lowest BCUT2D eigenvalue weighted by atomic mass is 10.4. The Hall–Kier alpha value is 0.0700. The molecule has 0 amide bonds. The van der Waals surface area contributed by atoms with Gasteiger partial charge in [-0.3, -0.25) is 10.1 Å². The molecule has 1 unspecified atom stereocenters. The molecule has 54 valence electrons. The maximum atomic E-state index is 10.1. The van der Waals surface area contributed by atoms with Crippen molar-refractivity contribution in [2.75, 3.05) is 11.6 Å². The van der Waals surface area contributed by atoms with Crippen molar-refractivity contribution in [2.24, 2.45) is 0 Å². The summed E-state index contributed by atoms with van der Waals surface area (Å²) in [6.45, 7) is 0. The van der Waals surface area contributed by atoms with E-state index >= 15 is 0 Å². The van der Waals surface area contributed by atoms with Crippen molar-refractivity contribution in [2.45, 2.75) is 6.04 Å². The third-order valence-corrected chi connectivity index (χ3v) is 1.95. The predicted molar refractivity (Wildman–Crippen MR) is 39.1 cm³/mol. The number of carbonyl (C=O) groups is 1. The SMILES string of the molecule is Cl.O=C(O)C1CSCN1. The minimum atomic E-state index is -0.741. The van der Waals surface area contributed by atoms with Crippen LogP contribution < -0.4 is 5.32 Å². The molecule has 0 aromatic rings. The molecule has 0 saturated carbocycles. The van der Waals surface area contributed by atoms with Crippen LogP contribution in [0, 0.1) is 0 Å². The number of hydrogen-bond acceptors (Lipinski definition) is 3. The smallest absolute Gasteiger partial charge is 0.321 e. The maximum Gasteiger partial charge on any atom is 0.321 e. The summed E-state index contributed by atoms with van der Waals surface area (Å²) in [6.07, 6.45) is 0. The van der Waals surface area contributed by atoms with Crippen molar-refractivity contribution in [3.8, 4) is 0 Å². The van der Waals surface area contributed by atoms with Crippen molar-refractivity contribution >= 4 is 30.1 Å². The second kappa shape index (κ2) is 3.98. The van der Waals surface area contributed by atoms with E-state index in [1.54, 1.807) is 11.8 Å². The Morgan fingerprint density at radius 2 is 2.44 bits per heavy atom. The van der Waals surface area contributed by atoms with Crippen LogP contribution in [0.4, 0.5) is 0 Å². The van der Waals surface area contributed by atoms with E-state index in [2.05, 4.69) is 5.32 Å². The van der Waals surface area contributed by atoms with Crippen LogP contribution in [-0.2, 0) is 4.79 Å². The second-order valence-corrected chi connectivity index (χ2v) is 2.64. The summed E-state index contributed by atoms with van der Waals surface area (Å²) in [5.74, 6) is 0.738. The molecule has 2 N–H and O–H groups in total. The number of aliphatic carboxylic acids is 1. The van der Waals surface area contributed by atoms with Gasteiger partial charge < -0.3 is 5.11 Å². The summed E-state index contributed by atoms with van der Waals surface area (Å²) in [6, 6.07) is -0.306. The second-order valence-electron chi connectivity index (χ2n) is 1.61. The highest BCUT2D eigenvalue weighted by atomic mass is 35.5. The topological polar surface area (TPSA) is 49.3 Å². The van der Waals surface area contributed by atoms with Gasteiger partial charge in [0.25, 0.3) is 0 Å². The number of halogens is 1. The Morgan fingerprint density at radius 3 is 2.67 bits per heavy atom. The number of rotatable bonds is 1. The van der Waals surface area contributed by atoms with Crippen molar-refractivity contribution in [1.82, 2.24) is 5.32 Å². The van der Waals surface area contributed by atoms with Crippen molar-refractivity contribution < 1.29 is 9.90 Å². The molecule has 0 bridgehead atoms. The number of carboxylic acids is 1. The maximum absolute atomic E-state index is 10.1. The molecule has 1 heterocycles. The van der Waals surface area contributed by atoms with E-state index in [-0.39, 0.29) is 18.4 Å². The lowest BCUT2D eigenvalue weighted by molar-refractivity contribution is -0.138. The summed E-state index contributed by atoms with van der Waals surface area (Å²) >= 11 is 1.62. The molecule has 0 aromatic heterocycles. The van der Waals surface area contributed by atoms with Gasteiger partial charge in [-0.2, -0.15) is 0 Å². The third-order valence-electron chi connectivity index (χ3n) is 1.01. The number of nitrogens with one attached hydrogen (secondary N) is 1. The molecule has 5 heteroatoms. The van der Waals surface area contributed by atoms with Crippen LogP contribution >= 0.6 is 24.2 Å². The fourth-order valence-electron chi connectivity index (χ4n) is 0.554. The zero-order valence-corrected chi connectivity index (χ0v) is 6.30. The molecular weight excluding hydrogens is 162 g/mol. The van der Waals surface area contributed by atoms with E-state index in [9.17, 15) is 4.79 Å². The first-order chi connectivity index (χ1) is 3.80. The lowest BCUT2D eigenvalue weighted by Crippen LogP contribution is -2.32. The minimum absolute atomic E-state index is 0. The Bertz CT molecular complexity index is 105. The highest BCUT2D eigenvalue weighted by Crippen LogP contribution is 2.08. The van der Waals surface area contributed by atoms with E-state index in [1.165, 1.54) is 0 Å². The number of hydrogen-bond donors (Lipinski definition) is 2. The van der Waals surface area contributed by atoms with Crippen molar-refractivity contribution in [1.29, 1.82) is 0 Å². The van der Waals surface area contributed by atoms with Crippen LogP contribution in [0.25, 0.3) is 0 Å². The average Bonchev–Trinajstić information content (AvgIpc) is 2.12.